The number of ether oxygens (including phenoxy) is 1. The standard InChI is InChI=1S/C38H47N7O8/c1-21-34(48)39-15-14-23-10-12-27(13-11-23)53-20-32(47)43-30(16-25-18-40-29-9-4-3-8-28(25)29)38(52)45-19-26(42-35(49)24-6-5-7-24)17-31(45)36(50)44-33(22(2)46)37(51)41-21/h3-4,8-13,18,21-22,24,26,30-31,33,40,46H,5-7,14-17,19-20H2,1-2H3,(H,39,48)(H,41,51)(H,42,49)(H,43,47)(H,44,50)/t21-,22+,26-,30+,31-,33-/m0/s1. The highest BCUT2D eigenvalue weighted by molar-refractivity contribution is 5.97. The highest BCUT2D eigenvalue weighted by Crippen LogP contribution is 2.28. The van der Waals surface area contributed by atoms with Crippen molar-refractivity contribution in [1.29, 1.82) is 0 Å². The van der Waals surface area contributed by atoms with Crippen molar-refractivity contribution in [2.24, 2.45) is 5.92 Å². The minimum absolute atomic E-state index is 0.0266. The molecular formula is C38H47N7O8. The summed E-state index contributed by atoms with van der Waals surface area (Å²) in [5, 5.41) is 25.2. The number of nitrogens with one attached hydrogen (secondary N) is 6. The van der Waals surface area contributed by atoms with Crippen LogP contribution >= 0.6 is 0 Å². The Labute approximate surface area is 307 Å². The number of hydrogen-bond donors (Lipinski definition) is 7. The summed E-state index contributed by atoms with van der Waals surface area (Å²) in [6.07, 6.45) is 3.48. The van der Waals surface area contributed by atoms with Crippen LogP contribution in [0.4, 0.5) is 0 Å². The molecular weight excluding hydrogens is 682 g/mol. The second kappa shape index (κ2) is 16.5. The molecule has 4 aliphatic rings. The number of aromatic nitrogens is 1. The summed E-state index contributed by atoms with van der Waals surface area (Å²) >= 11 is 0. The SMILES string of the molecule is C[C@@H]1NC(=O)[C@H]([C@@H](C)O)NC(=O)[C@@H]2C[C@H](NC(=O)C3CCC3)CN2C(=O)[C@@H](Cc2c[nH]c3ccccc23)NC(=O)COc2ccc(cc2)CCNC1=O. The van der Waals surface area contributed by atoms with Gasteiger partial charge in [-0.25, -0.2) is 0 Å². The Balaban J connectivity index is 1.31. The van der Waals surface area contributed by atoms with Crippen molar-refractivity contribution in [3.8, 4) is 5.75 Å². The van der Waals surface area contributed by atoms with Crippen molar-refractivity contribution in [2.45, 2.75) is 88.7 Å². The highest BCUT2D eigenvalue weighted by Gasteiger charge is 2.44. The number of benzene rings is 2. The van der Waals surface area contributed by atoms with Crippen LogP contribution in [0, 0.1) is 5.92 Å². The van der Waals surface area contributed by atoms with Crippen LogP contribution in [-0.4, -0.2) is 106 Å². The molecule has 1 saturated heterocycles. The smallest absolute Gasteiger partial charge is 0.258 e. The van der Waals surface area contributed by atoms with Crippen LogP contribution in [0.25, 0.3) is 10.9 Å². The van der Waals surface area contributed by atoms with Crippen molar-refractivity contribution in [2.75, 3.05) is 19.7 Å². The fourth-order valence-corrected chi connectivity index (χ4v) is 6.99. The normalized spacial score (nSPS) is 25.8. The van der Waals surface area contributed by atoms with E-state index in [0.717, 1.165) is 41.3 Å². The molecule has 15 heteroatoms. The predicted molar refractivity (Wildman–Crippen MR) is 193 cm³/mol. The molecule has 7 rings (SSSR count). The Hall–Kier alpha value is -5.44. The number of hydrogen-bond acceptors (Lipinski definition) is 8. The number of carbonyl (C=O) groups is 6. The third-order valence-electron chi connectivity index (χ3n) is 10.3. The average Bonchev–Trinajstić information content (AvgIpc) is 3.72. The van der Waals surface area contributed by atoms with Crippen LogP contribution in [0.15, 0.2) is 54.7 Å². The molecule has 1 aromatic heterocycles. The van der Waals surface area contributed by atoms with Gasteiger partial charge in [0.05, 0.1) is 6.10 Å². The van der Waals surface area contributed by atoms with Gasteiger partial charge in [-0.05, 0) is 68.9 Å². The Bertz CT molecular complexity index is 1840. The van der Waals surface area contributed by atoms with Crippen molar-refractivity contribution in [3.05, 3.63) is 65.9 Å². The van der Waals surface area contributed by atoms with Crippen LogP contribution in [0.2, 0.25) is 0 Å². The number of carbonyl (C=O) groups excluding carboxylic acids is 6. The lowest BCUT2D eigenvalue weighted by molar-refractivity contribution is -0.143. The zero-order valence-corrected chi connectivity index (χ0v) is 29.9. The molecule has 2 fully saturated rings. The first-order chi connectivity index (χ1) is 25.5. The van der Waals surface area contributed by atoms with Gasteiger partial charge in [-0.2, -0.15) is 0 Å². The van der Waals surface area contributed by atoms with Crippen LogP contribution in [0.1, 0.15) is 50.7 Å². The molecule has 6 amide bonds. The zero-order chi connectivity index (χ0) is 37.6. The molecule has 282 valence electrons. The number of fused-ring (bicyclic) bond motifs is 17. The maximum Gasteiger partial charge on any atom is 0.258 e. The third-order valence-corrected chi connectivity index (χ3v) is 10.3. The summed E-state index contributed by atoms with van der Waals surface area (Å²) in [5.74, 6) is -2.97. The van der Waals surface area contributed by atoms with Crippen molar-refractivity contribution >= 4 is 46.3 Å². The number of rotatable bonds is 5. The maximum atomic E-state index is 14.6. The summed E-state index contributed by atoms with van der Waals surface area (Å²) in [7, 11) is 0. The minimum Gasteiger partial charge on any atom is -0.484 e. The van der Waals surface area contributed by atoms with E-state index in [1.54, 1.807) is 18.3 Å². The zero-order valence-electron chi connectivity index (χ0n) is 29.9. The molecule has 7 N–H and O–H groups in total. The van der Waals surface area contributed by atoms with Gasteiger partial charge >= 0.3 is 0 Å². The van der Waals surface area contributed by atoms with E-state index in [2.05, 4.69) is 31.6 Å². The highest BCUT2D eigenvalue weighted by atomic mass is 16.5. The fourth-order valence-electron chi connectivity index (χ4n) is 6.99. The summed E-state index contributed by atoms with van der Waals surface area (Å²) in [5.41, 5.74) is 2.50. The molecule has 1 aliphatic carbocycles. The molecule has 15 nitrogen and oxygen atoms in total. The first-order valence-electron chi connectivity index (χ1n) is 18.2. The molecule has 0 spiro atoms. The van der Waals surface area contributed by atoms with E-state index in [1.807, 2.05) is 36.4 Å². The third kappa shape index (κ3) is 8.96. The molecule has 0 radical (unpaired) electrons. The number of aliphatic hydroxyl groups is 1. The van der Waals surface area contributed by atoms with E-state index < -0.39 is 65.8 Å². The quantitative estimate of drug-likeness (QED) is 0.180. The second-order valence-corrected chi connectivity index (χ2v) is 14.2. The van der Waals surface area contributed by atoms with Gasteiger partial charge in [0.25, 0.3) is 5.91 Å². The number of amides is 6. The van der Waals surface area contributed by atoms with E-state index in [4.69, 9.17) is 4.74 Å². The number of nitrogens with zero attached hydrogens (tertiary/aromatic N) is 1. The minimum atomic E-state index is -1.46. The first kappa shape index (κ1) is 37.3. The Morgan fingerprint density at radius 1 is 0.981 bits per heavy atom. The lowest BCUT2D eigenvalue weighted by atomic mass is 9.84. The van der Waals surface area contributed by atoms with Gasteiger partial charge in [-0.3, -0.25) is 28.8 Å². The number of aromatic amines is 1. The fraction of sp³-hybridized carbons (Fsp3) is 0.474. The van der Waals surface area contributed by atoms with Gasteiger partial charge < -0.3 is 46.3 Å². The van der Waals surface area contributed by atoms with Crippen LogP contribution in [0.5, 0.6) is 5.75 Å². The second-order valence-electron chi connectivity index (χ2n) is 14.2. The van der Waals surface area contributed by atoms with Crippen molar-refractivity contribution in [1.82, 2.24) is 36.5 Å². The number of para-hydroxylation sites is 1. The monoisotopic (exact) mass is 729 g/mol. The Kier molecular flexibility index (Phi) is 11.6. The van der Waals surface area contributed by atoms with Crippen LogP contribution in [0.3, 0.4) is 0 Å². The van der Waals surface area contributed by atoms with Crippen molar-refractivity contribution < 1.29 is 38.6 Å². The molecule has 3 aromatic rings. The maximum absolute atomic E-state index is 14.6. The molecule has 2 bridgehead atoms. The van der Waals surface area contributed by atoms with Crippen molar-refractivity contribution in [3.63, 3.8) is 0 Å². The topological polar surface area (TPSA) is 211 Å². The Morgan fingerprint density at radius 2 is 1.74 bits per heavy atom. The molecule has 4 heterocycles. The van der Waals surface area contributed by atoms with Gasteiger partial charge in [0, 0.05) is 48.6 Å². The molecule has 0 unspecified atom stereocenters. The largest absolute Gasteiger partial charge is 0.484 e. The molecule has 2 aromatic carbocycles. The first-order valence-corrected chi connectivity index (χ1v) is 18.2. The Morgan fingerprint density at radius 3 is 2.45 bits per heavy atom. The number of H-pyrrole nitrogens is 1. The predicted octanol–water partition coefficient (Wildman–Crippen LogP) is 0.203. The molecule has 3 aliphatic heterocycles. The molecule has 6 atom stereocenters. The van der Waals surface area contributed by atoms with Gasteiger partial charge in [0.1, 0.15) is 29.9 Å². The van der Waals surface area contributed by atoms with E-state index in [0.29, 0.717) is 12.2 Å². The summed E-state index contributed by atoms with van der Waals surface area (Å²) in [4.78, 5) is 85.8. The van der Waals surface area contributed by atoms with E-state index >= 15 is 0 Å². The van der Waals surface area contributed by atoms with E-state index in [9.17, 15) is 33.9 Å². The number of aliphatic hydroxyl groups excluding tert-OH is 1. The average molecular weight is 730 g/mol. The lowest BCUT2D eigenvalue weighted by Gasteiger charge is -2.30. The molecule has 53 heavy (non-hydrogen) atoms. The summed E-state index contributed by atoms with van der Waals surface area (Å²) in [6, 6.07) is 9.23. The van der Waals surface area contributed by atoms with Gasteiger partial charge in [-0.1, -0.05) is 36.8 Å². The van der Waals surface area contributed by atoms with Gasteiger partial charge in [-0.15, -0.1) is 0 Å². The summed E-state index contributed by atoms with van der Waals surface area (Å²) in [6.45, 7) is 2.69. The lowest BCUT2D eigenvalue weighted by Crippen LogP contribution is -2.60. The van der Waals surface area contributed by atoms with Gasteiger partial charge in [0.2, 0.25) is 29.5 Å². The molecule has 1 saturated carbocycles. The van der Waals surface area contributed by atoms with E-state index in [-0.39, 0.29) is 44.4 Å². The van der Waals surface area contributed by atoms with E-state index in [1.165, 1.54) is 18.7 Å². The van der Waals surface area contributed by atoms with Crippen LogP contribution < -0.4 is 31.3 Å². The summed E-state index contributed by atoms with van der Waals surface area (Å²) < 4.78 is 5.76. The van der Waals surface area contributed by atoms with Gasteiger partial charge in [0.15, 0.2) is 6.61 Å². The van der Waals surface area contributed by atoms with Crippen LogP contribution in [-0.2, 0) is 41.6 Å².